The van der Waals surface area contributed by atoms with E-state index in [2.05, 4.69) is 39.7 Å². The van der Waals surface area contributed by atoms with Crippen molar-refractivity contribution in [1.82, 2.24) is 28.5 Å². The van der Waals surface area contributed by atoms with E-state index < -0.39 is 55.7 Å². The summed E-state index contributed by atoms with van der Waals surface area (Å²) in [6.07, 6.45) is 3.39. The second-order valence-electron chi connectivity index (χ2n) is 19.6. The number of halogens is 3. The van der Waals surface area contributed by atoms with Gasteiger partial charge < -0.3 is 39.7 Å². The molecule has 0 spiro atoms. The quantitative estimate of drug-likeness (QED) is 0.0121. The summed E-state index contributed by atoms with van der Waals surface area (Å²) in [6, 6.07) is 16.7. The van der Waals surface area contributed by atoms with Gasteiger partial charge >= 0.3 is 137 Å². The SMILES string of the molecule is CCOC(=O)c1c(N2CCCCNS2(=O)=O)c2cc(Cl)ccc2n1Cc1ccnc(NC(=O)OC(C)(C)C)c1.CCOC(=O)c1c(NS(=O)(=O)NCCCCl)c2cc(Cl)ccc2n1Cc1ccnc(NC(=O)OC(C)(C)C)c1.O=CO[O-].[H-].[K+].[K+]. The van der Waals surface area contributed by atoms with Crippen LogP contribution >= 0.6 is 34.8 Å². The number of benzene rings is 2. The van der Waals surface area contributed by atoms with E-state index >= 15 is 0 Å². The summed E-state index contributed by atoms with van der Waals surface area (Å²) in [5.74, 6) is -0.617. The van der Waals surface area contributed by atoms with Gasteiger partial charge in [-0.2, -0.15) is 26.3 Å². The van der Waals surface area contributed by atoms with Crippen LogP contribution in [0, 0.1) is 0 Å². The summed E-state index contributed by atoms with van der Waals surface area (Å²) in [5.41, 5.74) is 1.39. The molecule has 5 N–H and O–H groups in total. The first-order valence-electron chi connectivity index (χ1n) is 25.3. The van der Waals surface area contributed by atoms with Crippen LogP contribution in [0.5, 0.6) is 0 Å². The topological polar surface area (TPSA) is 322 Å². The van der Waals surface area contributed by atoms with Crippen molar-refractivity contribution >= 4 is 131 Å². The number of nitrogens with one attached hydrogen (secondary N) is 5. The fourth-order valence-electron chi connectivity index (χ4n) is 8.06. The molecule has 1 saturated heterocycles. The van der Waals surface area contributed by atoms with Gasteiger partial charge in [-0.1, -0.05) is 23.2 Å². The average molecular weight is 1320 g/mol. The molecule has 0 saturated carbocycles. The summed E-state index contributed by atoms with van der Waals surface area (Å²) in [6.45, 7) is 14.7. The number of carbonyl (C=O) groups is 5. The molecule has 32 heteroatoms. The molecule has 2 amide bonds. The van der Waals surface area contributed by atoms with Crippen molar-refractivity contribution in [2.75, 3.05) is 58.4 Å². The summed E-state index contributed by atoms with van der Waals surface area (Å²) in [5, 5.41) is 15.3. The van der Waals surface area contributed by atoms with Crippen molar-refractivity contribution in [1.29, 1.82) is 0 Å². The number of aromatic nitrogens is 4. The van der Waals surface area contributed by atoms with E-state index in [9.17, 15) is 36.0 Å². The second-order valence-corrected chi connectivity index (χ2v) is 24.1. The molecule has 1 fully saturated rings. The monoisotopic (exact) mass is 1320 g/mol. The molecule has 2 aromatic carbocycles. The van der Waals surface area contributed by atoms with Crippen LogP contribution < -0.4 is 137 Å². The van der Waals surface area contributed by atoms with Gasteiger partial charge in [0, 0.05) is 71.8 Å². The van der Waals surface area contributed by atoms with Crippen LogP contribution in [0.15, 0.2) is 73.1 Å². The minimum absolute atomic E-state index is 0. The van der Waals surface area contributed by atoms with Crippen molar-refractivity contribution < 1.29 is 174 Å². The van der Waals surface area contributed by atoms with Gasteiger partial charge in [-0.25, -0.2) is 29.1 Å². The van der Waals surface area contributed by atoms with Crippen molar-refractivity contribution in [3.63, 3.8) is 0 Å². The van der Waals surface area contributed by atoms with Gasteiger partial charge in [0.15, 0.2) is 11.4 Å². The summed E-state index contributed by atoms with van der Waals surface area (Å²) in [7, 11) is -8.01. The van der Waals surface area contributed by atoms with Gasteiger partial charge in [-0.15, -0.1) is 11.6 Å². The number of nitrogens with zero attached hydrogens (tertiary/aromatic N) is 5. The van der Waals surface area contributed by atoms with Crippen LogP contribution in [0.2, 0.25) is 10.0 Å². The molecule has 1 aliphatic rings. The molecule has 0 radical (unpaired) electrons. The normalized spacial score (nSPS) is 13.0. The van der Waals surface area contributed by atoms with Crippen molar-refractivity contribution in [3.05, 3.63) is 106 Å². The minimum atomic E-state index is -4.07. The Morgan fingerprint density at radius 3 is 1.71 bits per heavy atom. The van der Waals surface area contributed by atoms with Crippen molar-refractivity contribution in [3.8, 4) is 0 Å². The zero-order valence-corrected chi connectivity index (χ0v) is 58.2. The summed E-state index contributed by atoms with van der Waals surface area (Å²) in [4.78, 5) is 70.7. The first kappa shape index (κ1) is 74.5. The smallest absolute Gasteiger partial charge is 1.00 e. The zero-order valence-electron chi connectivity index (χ0n) is 49.1. The van der Waals surface area contributed by atoms with Crippen LogP contribution in [0.4, 0.5) is 32.6 Å². The van der Waals surface area contributed by atoms with Crippen LogP contribution in [0.1, 0.15) is 108 Å². The maximum absolute atomic E-state index is 13.4. The van der Waals surface area contributed by atoms with Gasteiger partial charge in [-0.05, 0) is 146 Å². The van der Waals surface area contributed by atoms with Crippen LogP contribution in [-0.2, 0) is 62.1 Å². The number of esters is 2. The standard InChI is InChI=1S/C26H32ClN5O6S.C25H31Cl2N5O6S.CH2O3.2K.H/c1-5-37-24(33)23-22(32-13-7-6-11-29-39(32,35)36)19-15-18(27)8-9-20(19)31(23)16-17-10-12-28-21(14-17)30-25(34)38-26(2,3)4;1-5-37-23(33)22-21(31-39(35,36)29-11-6-10-26)18-14-17(27)7-8-19(18)32(22)15-16-9-12-28-20(13-16)30-24(34)38-25(2,3)4;2-1-4-3;;;/h8-10,12,14-15,29H,5-7,11,13,16H2,1-4H3,(H,28,30,34);7-9,12-14,29,31H,5-6,10-11,15H2,1-4H3,(H,28,30,34);1,3H;;;/q;;;2*+1;-1/p-1. The van der Waals surface area contributed by atoms with Gasteiger partial charge in [0.25, 0.3) is 16.7 Å². The number of carbonyl (C=O) groups excluding carboxylic acids is 5. The van der Waals surface area contributed by atoms with Gasteiger partial charge in [0.2, 0.25) is 0 Å². The third kappa shape index (κ3) is 22.2. The number of amides is 2. The molecular formula is C52H65Cl3K2N10O15S2. The van der Waals surface area contributed by atoms with E-state index in [4.69, 9.17) is 63.8 Å². The molecule has 0 aliphatic carbocycles. The minimum Gasteiger partial charge on any atom is -1.00 e. The van der Waals surface area contributed by atoms with E-state index in [0.29, 0.717) is 68.8 Å². The number of ether oxygens (including phenoxy) is 4. The van der Waals surface area contributed by atoms with Crippen LogP contribution in [0.25, 0.3) is 21.8 Å². The largest absolute Gasteiger partial charge is 1.00 e. The van der Waals surface area contributed by atoms with E-state index in [0.717, 1.165) is 0 Å². The average Bonchev–Trinajstić information content (AvgIpc) is 1.71. The number of fused-ring (bicyclic) bond motifs is 2. The molecule has 84 heavy (non-hydrogen) atoms. The van der Waals surface area contributed by atoms with Gasteiger partial charge in [-0.3, -0.25) is 24.5 Å². The van der Waals surface area contributed by atoms with Gasteiger partial charge in [0.05, 0.1) is 35.6 Å². The second kappa shape index (κ2) is 34.2. The zero-order chi connectivity index (χ0) is 60.6. The molecule has 0 bridgehead atoms. The molecule has 6 aromatic rings. The summed E-state index contributed by atoms with van der Waals surface area (Å²) >= 11 is 18.3. The number of rotatable bonds is 18. The van der Waals surface area contributed by atoms with Crippen LogP contribution in [0.3, 0.4) is 0 Å². The van der Waals surface area contributed by atoms with Gasteiger partial charge in [0.1, 0.15) is 22.8 Å². The Hall–Kier alpha value is -3.71. The molecule has 4 aromatic heterocycles. The predicted octanol–water partition coefficient (Wildman–Crippen LogP) is 2.39. The Balaban J connectivity index is 0.000000528. The fraction of sp³-hybridized carbons (Fsp3) is 0.404. The number of alkyl halides is 1. The molecule has 5 heterocycles. The number of hydrogen-bond acceptors (Lipinski definition) is 17. The van der Waals surface area contributed by atoms with Crippen molar-refractivity contribution in [2.45, 2.75) is 98.9 Å². The molecule has 0 atom stereocenters. The third-order valence-corrected chi connectivity index (χ3v) is 14.3. The first-order valence-corrected chi connectivity index (χ1v) is 29.6. The van der Waals surface area contributed by atoms with E-state index in [1.165, 1.54) is 16.7 Å². The van der Waals surface area contributed by atoms with E-state index in [1.807, 2.05) is 0 Å². The van der Waals surface area contributed by atoms with Crippen molar-refractivity contribution in [2.24, 2.45) is 0 Å². The molecule has 1 aliphatic heterocycles. The Bertz CT molecular complexity index is 3500. The molecule has 25 nitrogen and oxygen atoms in total. The number of anilines is 4. The predicted molar refractivity (Wildman–Crippen MR) is 310 cm³/mol. The Kier molecular flexibility index (Phi) is 30.3. The van der Waals surface area contributed by atoms with E-state index in [1.54, 1.807) is 125 Å². The Morgan fingerprint density at radius 1 is 0.762 bits per heavy atom. The summed E-state index contributed by atoms with van der Waals surface area (Å²) < 4.78 is 85.4. The Morgan fingerprint density at radius 2 is 1.24 bits per heavy atom. The fourth-order valence-corrected chi connectivity index (χ4v) is 10.8. The van der Waals surface area contributed by atoms with Crippen LogP contribution in [-0.4, -0.2) is 116 Å². The number of hydrogen-bond donors (Lipinski definition) is 5. The molecular weight excluding hydrogens is 1250 g/mol. The number of pyridine rings is 2. The molecule has 7 rings (SSSR count). The van der Waals surface area contributed by atoms with E-state index in [-0.39, 0.29) is 190 Å². The maximum atomic E-state index is 13.4. The molecule has 0 unspecified atom stereocenters. The maximum Gasteiger partial charge on any atom is 1.00 e. The first-order chi connectivity index (χ1) is 38.6. The Labute approximate surface area is 588 Å². The third-order valence-electron chi connectivity index (χ3n) is 11.0. The molecule has 448 valence electrons.